The van der Waals surface area contributed by atoms with Crippen LogP contribution in [0.2, 0.25) is 0 Å². The largest absolute Gasteiger partial charge is 0.472 e. The van der Waals surface area contributed by atoms with E-state index in [-0.39, 0.29) is 32.6 Å². The van der Waals surface area contributed by atoms with E-state index in [9.17, 15) is 19.0 Å². The van der Waals surface area contributed by atoms with Crippen molar-refractivity contribution in [3.8, 4) is 0 Å². The van der Waals surface area contributed by atoms with Crippen LogP contribution in [0, 0.1) is 0 Å². The Bertz CT molecular complexity index is 1730. The molecule has 0 aliphatic rings. The van der Waals surface area contributed by atoms with Crippen LogP contribution in [0.5, 0.6) is 0 Å². The average molecular weight is 1060 g/mol. The summed E-state index contributed by atoms with van der Waals surface area (Å²) in [6, 6.07) is 0. The van der Waals surface area contributed by atoms with Gasteiger partial charge >= 0.3 is 19.8 Å². The van der Waals surface area contributed by atoms with Gasteiger partial charge in [-0.3, -0.25) is 18.6 Å². The molecule has 0 aromatic carbocycles. The minimum atomic E-state index is -4.40. The van der Waals surface area contributed by atoms with Crippen LogP contribution >= 0.6 is 7.82 Å². The molecule has 2 atom stereocenters. The molecule has 0 saturated carbocycles. The molecule has 0 radical (unpaired) electrons. The molecule has 0 fully saturated rings. The fourth-order valence-corrected chi connectivity index (χ4v) is 8.23. The molecule has 0 heterocycles. The van der Waals surface area contributed by atoms with Crippen LogP contribution in [0.25, 0.3) is 0 Å². The van der Waals surface area contributed by atoms with Gasteiger partial charge in [0.05, 0.1) is 13.2 Å². The van der Waals surface area contributed by atoms with Crippen molar-refractivity contribution in [1.82, 2.24) is 0 Å². The van der Waals surface area contributed by atoms with E-state index < -0.39 is 32.5 Å². The third kappa shape index (κ3) is 59.0. The number of unbranched alkanes of at least 4 members (excludes halogenated alkanes) is 16. The first-order chi connectivity index (χ1) is 36.8. The third-order valence-electron chi connectivity index (χ3n) is 11.7. The summed E-state index contributed by atoms with van der Waals surface area (Å²) in [4.78, 5) is 35.2. The number of rotatable bonds is 53. The SMILES string of the molecule is CC/C=C\C/C=C\C/C=C\C/C=C\C/C=C\C/C=C\C/C=C\CCCCCCCCCCCC(=O)OC(COC(=O)CCCCCCCCC/C=C\C/C=C\C/C=C\C/C=C\C/C=C\CC)COP(=O)(O)OCCN. The second-order valence-electron chi connectivity index (χ2n) is 18.7. The fourth-order valence-electron chi connectivity index (χ4n) is 7.47. The van der Waals surface area contributed by atoms with Crippen molar-refractivity contribution in [2.45, 2.75) is 225 Å². The summed E-state index contributed by atoms with van der Waals surface area (Å²) in [6.45, 7) is 3.48. The highest BCUT2D eigenvalue weighted by atomic mass is 31.2. The van der Waals surface area contributed by atoms with E-state index in [1.165, 1.54) is 51.4 Å². The van der Waals surface area contributed by atoms with E-state index in [0.717, 1.165) is 128 Å². The van der Waals surface area contributed by atoms with Gasteiger partial charge in [0.15, 0.2) is 6.10 Å². The Kier molecular flexibility index (Phi) is 55.9. The lowest BCUT2D eigenvalue weighted by molar-refractivity contribution is -0.161. The Morgan fingerprint density at radius 1 is 0.400 bits per heavy atom. The molecule has 0 amide bonds. The molecule has 10 heteroatoms. The van der Waals surface area contributed by atoms with Crippen molar-refractivity contribution in [2.75, 3.05) is 26.4 Å². The lowest BCUT2D eigenvalue weighted by Gasteiger charge is -2.19. The zero-order valence-electron chi connectivity index (χ0n) is 47.2. The molecular weight excluding hydrogens is 954 g/mol. The summed E-state index contributed by atoms with van der Waals surface area (Å²) in [6.07, 6.45) is 84.6. The minimum absolute atomic E-state index is 0.0425. The second kappa shape index (κ2) is 59.1. The first-order valence-corrected chi connectivity index (χ1v) is 30.8. The summed E-state index contributed by atoms with van der Waals surface area (Å²) in [5, 5.41) is 0. The van der Waals surface area contributed by atoms with E-state index in [2.05, 4.69) is 160 Å². The van der Waals surface area contributed by atoms with E-state index >= 15 is 0 Å². The van der Waals surface area contributed by atoms with Crippen LogP contribution in [0.15, 0.2) is 146 Å². The monoisotopic (exact) mass is 1060 g/mol. The van der Waals surface area contributed by atoms with Gasteiger partial charge in [0.25, 0.3) is 0 Å². The number of phosphoric ester groups is 1. The number of hydrogen-bond acceptors (Lipinski definition) is 8. The van der Waals surface area contributed by atoms with Crippen molar-refractivity contribution in [3.63, 3.8) is 0 Å². The smallest absolute Gasteiger partial charge is 0.462 e. The molecular formula is C65H106NO8P. The van der Waals surface area contributed by atoms with E-state index in [0.29, 0.717) is 12.8 Å². The van der Waals surface area contributed by atoms with Gasteiger partial charge in [-0.1, -0.05) is 237 Å². The molecule has 0 aromatic heterocycles. The maximum Gasteiger partial charge on any atom is 0.472 e. The number of esters is 2. The van der Waals surface area contributed by atoms with Crippen LogP contribution in [-0.2, 0) is 32.7 Å². The van der Waals surface area contributed by atoms with Crippen LogP contribution in [-0.4, -0.2) is 49.3 Å². The van der Waals surface area contributed by atoms with Gasteiger partial charge in [0.2, 0.25) is 0 Å². The lowest BCUT2D eigenvalue weighted by atomic mass is 10.1. The summed E-state index contributed by atoms with van der Waals surface area (Å²) < 4.78 is 33.0. The van der Waals surface area contributed by atoms with Gasteiger partial charge in [-0.25, -0.2) is 4.57 Å². The Balaban J connectivity index is 4.06. The number of ether oxygens (including phenoxy) is 2. The molecule has 75 heavy (non-hydrogen) atoms. The number of allylic oxidation sites excluding steroid dienone is 24. The van der Waals surface area contributed by atoms with Crippen molar-refractivity contribution >= 4 is 19.8 Å². The maximum atomic E-state index is 12.7. The Hall–Kier alpha value is -4.11. The van der Waals surface area contributed by atoms with Crippen LogP contribution in [0.3, 0.4) is 0 Å². The molecule has 0 rings (SSSR count). The standard InChI is InChI=1S/C65H106NO8P/c1-3-5-7-9-11-13-15-17-19-21-23-25-27-28-29-30-31-32-33-34-36-38-40-42-44-46-48-50-52-54-56-58-65(68)74-63(62-73-75(69,70)72-60-59-66)61-71-64(67)57-55-53-51-49-47-45-43-41-39-37-35-26-24-22-20-18-16-14-12-10-8-6-4-2/h5-8,11-14,17-20,23-26,28-29,31-32,34,36-37,39,63H,3-4,9-10,15-16,21-22,27,30,33,35,38,40-62,66H2,1-2H3,(H,69,70)/b7-5-,8-6-,13-11-,14-12-,19-17-,20-18-,25-23-,26-24-,29-28-,32-31-,36-34-,39-37-. The lowest BCUT2D eigenvalue weighted by Crippen LogP contribution is -2.29. The van der Waals surface area contributed by atoms with Crippen molar-refractivity contribution in [1.29, 1.82) is 0 Å². The first kappa shape index (κ1) is 70.9. The van der Waals surface area contributed by atoms with Gasteiger partial charge in [0.1, 0.15) is 6.61 Å². The normalized spacial score (nSPS) is 14.1. The maximum absolute atomic E-state index is 12.7. The van der Waals surface area contributed by atoms with Crippen LogP contribution < -0.4 is 5.73 Å². The minimum Gasteiger partial charge on any atom is -0.462 e. The van der Waals surface area contributed by atoms with Crippen molar-refractivity contribution < 1.29 is 37.6 Å². The zero-order chi connectivity index (χ0) is 54.5. The number of phosphoric acid groups is 1. The molecule has 2 unspecified atom stereocenters. The van der Waals surface area contributed by atoms with E-state index in [1.54, 1.807) is 0 Å². The molecule has 0 aliphatic heterocycles. The molecule has 0 aromatic rings. The third-order valence-corrected chi connectivity index (χ3v) is 12.7. The average Bonchev–Trinajstić information content (AvgIpc) is 3.40. The topological polar surface area (TPSA) is 134 Å². The summed E-state index contributed by atoms with van der Waals surface area (Å²) in [5.41, 5.74) is 5.38. The molecule has 0 saturated heterocycles. The Morgan fingerprint density at radius 2 is 0.693 bits per heavy atom. The molecule has 424 valence electrons. The van der Waals surface area contributed by atoms with Gasteiger partial charge < -0.3 is 20.1 Å². The van der Waals surface area contributed by atoms with Crippen LogP contribution in [0.1, 0.15) is 219 Å². The molecule has 3 N–H and O–H groups in total. The molecule has 0 aliphatic carbocycles. The summed E-state index contributed by atoms with van der Waals surface area (Å²) in [7, 11) is -4.40. The number of carbonyl (C=O) groups is 2. The Labute approximate surface area is 458 Å². The predicted molar refractivity (Wildman–Crippen MR) is 320 cm³/mol. The first-order valence-electron chi connectivity index (χ1n) is 29.3. The predicted octanol–water partition coefficient (Wildman–Crippen LogP) is 18.7. The van der Waals surface area contributed by atoms with Gasteiger partial charge in [-0.15, -0.1) is 0 Å². The van der Waals surface area contributed by atoms with Gasteiger partial charge in [-0.2, -0.15) is 0 Å². The fraction of sp³-hybridized carbons (Fsp3) is 0.600. The highest BCUT2D eigenvalue weighted by Crippen LogP contribution is 2.43. The Morgan fingerprint density at radius 3 is 1.03 bits per heavy atom. The number of nitrogens with two attached hydrogens (primary N) is 1. The number of carbonyl (C=O) groups excluding carboxylic acids is 2. The van der Waals surface area contributed by atoms with Crippen LogP contribution in [0.4, 0.5) is 0 Å². The zero-order valence-corrected chi connectivity index (χ0v) is 48.1. The quantitative estimate of drug-likeness (QED) is 0.0264. The van der Waals surface area contributed by atoms with Crippen molar-refractivity contribution in [2.24, 2.45) is 5.73 Å². The summed E-state index contributed by atoms with van der Waals surface area (Å²) >= 11 is 0. The number of hydrogen-bond donors (Lipinski definition) is 2. The van der Waals surface area contributed by atoms with E-state index in [1.807, 2.05) is 0 Å². The second-order valence-corrected chi connectivity index (χ2v) is 20.2. The highest BCUT2D eigenvalue weighted by molar-refractivity contribution is 7.47. The van der Waals surface area contributed by atoms with Crippen molar-refractivity contribution in [3.05, 3.63) is 146 Å². The van der Waals surface area contributed by atoms with E-state index in [4.69, 9.17) is 24.3 Å². The van der Waals surface area contributed by atoms with Gasteiger partial charge in [-0.05, 0) is 116 Å². The highest BCUT2D eigenvalue weighted by Gasteiger charge is 2.26. The summed E-state index contributed by atoms with van der Waals surface area (Å²) in [5.74, 6) is -0.858. The van der Waals surface area contributed by atoms with Gasteiger partial charge in [0, 0.05) is 19.4 Å². The molecule has 9 nitrogen and oxygen atoms in total. The molecule has 0 spiro atoms. The molecule has 0 bridgehead atoms.